The molecule has 0 aliphatic carbocycles. The van der Waals surface area contributed by atoms with Crippen LogP contribution in [0.25, 0.3) is 0 Å². The van der Waals surface area contributed by atoms with E-state index >= 15 is 0 Å². The Hall–Kier alpha value is -2.02. The number of pyridine rings is 1. The topological polar surface area (TPSA) is 74.3 Å². The van der Waals surface area contributed by atoms with Gasteiger partial charge in [-0.05, 0) is 43.7 Å². The van der Waals surface area contributed by atoms with Crippen LogP contribution in [0.1, 0.15) is 36.0 Å². The molecule has 3 fully saturated rings. The molecule has 4 atom stereocenters. The number of carbonyl (C=O) groups is 2. The number of halogens is 1. The third kappa shape index (κ3) is 3.01. The molecular formula is C18H23FN4O2. The largest absolute Gasteiger partial charge is 0.350 e. The zero-order chi connectivity index (χ0) is 17.4. The van der Waals surface area contributed by atoms with Crippen molar-refractivity contribution in [3.8, 4) is 0 Å². The van der Waals surface area contributed by atoms with Crippen molar-refractivity contribution < 1.29 is 14.0 Å². The zero-order valence-electron chi connectivity index (χ0n) is 14.1. The van der Waals surface area contributed by atoms with Gasteiger partial charge in [-0.3, -0.25) is 14.6 Å². The summed E-state index contributed by atoms with van der Waals surface area (Å²) in [5.41, 5.74) is -0.00743. The number of carbonyl (C=O) groups excluding carboxylic acids is 2. The third-order valence-corrected chi connectivity index (χ3v) is 5.89. The van der Waals surface area contributed by atoms with Crippen LogP contribution in [0.15, 0.2) is 18.5 Å². The van der Waals surface area contributed by atoms with Gasteiger partial charge in [0.1, 0.15) is 0 Å². The van der Waals surface area contributed by atoms with Crippen LogP contribution in [0.3, 0.4) is 0 Å². The molecule has 0 saturated carbocycles. The van der Waals surface area contributed by atoms with Gasteiger partial charge in [0.2, 0.25) is 5.91 Å². The fourth-order valence-corrected chi connectivity index (χ4v) is 4.75. The molecule has 134 valence electrons. The molecule has 6 nitrogen and oxygen atoms in total. The molecular weight excluding hydrogens is 323 g/mol. The van der Waals surface area contributed by atoms with Gasteiger partial charge in [0, 0.05) is 31.7 Å². The highest BCUT2D eigenvalue weighted by Gasteiger charge is 2.47. The first-order valence-corrected chi connectivity index (χ1v) is 9.04. The number of rotatable bonds is 3. The summed E-state index contributed by atoms with van der Waals surface area (Å²) in [4.78, 5) is 30.6. The van der Waals surface area contributed by atoms with Crippen LogP contribution in [-0.4, -0.2) is 53.4 Å². The SMILES string of the molecule is O=C(NC[C@H]1[C@@H]2CNC[C@@H](C2)[C@@H]2CCCC(=O)N21)c1ccncc1F. The normalized spacial score (nSPS) is 31.4. The van der Waals surface area contributed by atoms with Gasteiger partial charge in [-0.1, -0.05) is 0 Å². The summed E-state index contributed by atoms with van der Waals surface area (Å²) in [5, 5.41) is 6.31. The van der Waals surface area contributed by atoms with Crippen molar-refractivity contribution in [3.05, 3.63) is 29.8 Å². The summed E-state index contributed by atoms with van der Waals surface area (Å²) in [5.74, 6) is -0.0452. The standard InChI is InChI=1S/C18H23FN4O2/c19-14-9-20-5-4-13(14)18(25)22-10-16-12-6-11(7-21-8-12)15-2-1-3-17(24)23(15)16/h4-5,9,11-12,15-16,21H,1-3,6-8,10H2,(H,22,25)/t11-,12+,15+,16+/m1/s1. The van der Waals surface area contributed by atoms with Crippen LogP contribution in [-0.2, 0) is 4.79 Å². The highest BCUT2D eigenvalue weighted by molar-refractivity contribution is 5.94. The first-order valence-electron chi connectivity index (χ1n) is 9.04. The zero-order valence-corrected chi connectivity index (χ0v) is 14.1. The second kappa shape index (κ2) is 6.71. The van der Waals surface area contributed by atoms with Crippen molar-refractivity contribution in [2.45, 2.75) is 37.8 Å². The molecule has 3 aliphatic heterocycles. The highest BCUT2D eigenvalue weighted by atomic mass is 19.1. The highest BCUT2D eigenvalue weighted by Crippen LogP contribution is 2.39. The fraction of sp³-hybridized carbons (Fsp3) is 0.611. The average molecular weight is 346 g/mol. The van der Waals surface area contributed by atoms with Gasteiger partial charge >= 0.3 is 0 Å². The predicted molar refractivity (Wildman–Crippen MR) is 89.3 cm³/mol. The number of amides is 2. The first kappa shape index (κ1) is 16.4. The Morgan fingerprint density at radius 3 is 3.08 bits per heavy atom. The molecule has 25 heavy (non-hydrogen) atoms. The van der Waals surface area contributed by atoms with E-state index in [2.05, 4.69) is 15.6 Å². The quantitative estimate of drug-likeness (QED) is 0.854. The minimum Gasteiger partial charge on any atom is -0.350 e. The van der Waals surface area contributed by atoms with Crippen LogP contribution in [0.4, 0.5) is 4.39 Å². The molecule has 0 unspecified atom stereocenters. The number of aromatic nitrogens is 1. The first-order chi connectivity index (χ1) is 12.1. The molecule has 2 amide bonds. The molecule has 4 rings (SSSR count). The average Bonchev–Trinajstić information content (AvgIpc) is 2.62. The van der Waals surface area contributed by atoms with Gasteiger partial charge < -0.3 is 15.5 Å². The van der Waals surface area contributed by atoms with Crippen molar-refractivity contribution in [1.82, 2.24) is 20.5 Å². The Bertz CT molecular complexity index is 683. The summed E-state index contributed by atoms with van der Waals surface area (Å²) in [6.07, 6.45) is 6.10. The maximum Gasteiger partial charge on any atom is 0.254 e. The van der Waals surface area contributed by atoms with Gasteiger partial charge in [0.25, 0.3) is 5.91 Å². The lowest BCUT2D eigenvalue weighted by molar-refractivity contribution is -0.148. The minimum absolute atomic E-state index is 0.00743. The fourth-order valence-electron chi connectivity index (χ4n) is 4.75. The number of fused-ring (bicyclic) bond motifs is 4. The maximum atomic E-state index is 13.7. The second-order valence-electron chi connectivity index (χ2n) is 7.31. The van der Waals surface area contributed by atoms with E-state index in [1.54, 1.807) is 0 Å². The maximum absolute atomic E-state index is 13.7. The van der Waals surface area contributed by atoms with Crippen LogP contribution >= 0.6 is 0 Å². The summed E-state index contributed by atoms with van der Waals surface area (Å²) in [6, 6.07) is 1.62. The van der Waals surface area contributed by atoms with E-state index in [9.17, 15) is 14.0 Å². The van der Waals surface area contributed by atoms with E-state index < -0.39 is 11.7 Å². The van der Waals surface area contributed by atoms with Crippen molar-refractivity contribution in [1.29, 1.82) is 0 Å². The van der Waals surface area contributed by atoms with Crippen molar-refractivity contribution in [2.24, 2.45) is 11.8 Å². The molecule has 0 aromatic carbocycles. The Morgan fingerprint density at radius 2 is 2.24 bits per heavy atom. The molecule has 4 heterocycles. The summed E-state index contributed by atoms with van der Waals surface area (Å²) >= 11 is 0. The van der Waals surface area contributed by atoms with Gasteiger partial charge in [0.05, 0.1) is 17.8 Å². The number of nitrogens with one attached hydrogen (secondary N) is 2. The molecule has 1 aromatic heterocycles. The van der Waals surface area contributed by atoms with Gasteiger partial charge in [0.15, 0.2) is 5.82 Å². The van der Waals surface area contributed by atoms with Gasteiger partial charge in [-0.25, -0.2) is 4.39 Å². The van der Waals surface area contributed by atoms with Crippen LogP contribution in [0, 0.1) is 17.7 Å². The number of hydrogen-bond donors (Lipinski definition) is 2. The summed E-state index contributed by atoms with van der Waals surface area (Å²) in [6.45, 7) is 2.19. The van der Waals surface area contributed by atoms with Crippen molar-refractivity contribution in [2.75, 3.05) is 19.6 Å². The molecule has 0 radical (unpaired) electrons. The Morgan fingerprint density at radius 1 is 1.40 bits per heavy atom. The van der Waals surface area contributed by atoms with Crippen LogP contribution in [0.2, 0.25) is 0 Å². The monoisotopic (exact) mass is 346 g/mol. The summed E-state index contributed by atoms with van der Waals surface area (Å²) < 4.78 is 13.7. The number of nitrogens with zero attached hydrogens (tertiary/aromatic N) is 2. The van der Waals surface area contributed by atoms with Gasteiger partial charge in [-0.15, -0.1) is 0 Å². The predicted octanol–water partition coefficient (Wildman–Crippen LogP) is 0.940. The third-order valence-electron chi connectivity index (χ3n) is 5.89. The van der Waals surface area contributed by atoms with Crippen molar-refractivity contribution >= 4 is 11.8 Å². The van der Waals surface area contributed by atoms with Gasteiger partial charge in [-0.2, -0.15) is 0 Å². The smallest absolute Gasteiger partial charge is 0.254 e. The molecule has 1 aromatic rings. The van der Waals surface area contributed by atoms with E-state index in [1.165, 1.54) is 12.3 Å². The molecule has 3 aliphatic rings. The molecule has 0 spiro atoms. The van der Waals surface area contributed by atoms with E-state index in [0.29, 0.717) is 24.8 Å². The lowest BCUT2D eigenvalue weighted by Crippen LogP contribution is -2.66. The summed E-state index contributed by atoms with van der Waals surface area (Å²) in [7, 11) is 0. The van der Waals surface area contributed by atoms with E-state index in [0.717, 1.165) is 38.5 Å². The van der Waals surface area contributed by atoms with E-state index in [4.69, 9.17) is 0 Å². The van der Waals surface area contributed by atoms with Crippen LogP contribution < -0.4 is 10.6 Å². The Balaban J connectivity index is 1.50. The minimum atomic E-state index is -0.630. The Kier molecular flexibility index (Phi) is 4.41. The van der Waals surface area contributed by atoms with E-state index in [1.807, 2.05) is 4.90 Å². The molecule has 2 N–H and O–H groups in total. The lowest BCUT2D eigenvalue weighted by atomic mass is 9.72. The van der Waals surface area contributed by atoms with E-state index in [-0.39, 0.29) is 23.6 Å². The number of piperidine rings is 3. The molecule has 7 heteroatoms. The van der Waals surface area contributed by atoms with Crippen LogP contribution in [0.5, 0.6) is 0 Å². The molecule has 3 saturated heterocycles. The molecule has 2 bridgehead atoms. The Labute approximate surface area is 146 Å². The second-order valence-corrected chi connectivity index (χ2v) is 7.31. The number of hydrogen-bond acceptors (Lipinski definition) is 4. The van der Waals surface area contributed by atoms with Crippen molar-refractivity contribution in [3.63, 3.8) is 0 Å². The lowest BCUT2D eigenvalue weighted by Gasteiger charge is -2.54.